The van der Waals surface area contributed by atoms with Crippen LogP contribution in [-0.4, -0.2) is 35.9 Å². The zero-order valence-corrected chi connectivity index (χ0v) is 16.0. The minimum atomic E-state index is -3.73. The third-order valence-corrected chi connectivity index (χ3v) is 6.26. The van der Waals surface area contributed by atoms with Crippen molar-refractivity contribution in [2.24, 2.45) is 0 Å². The Balaban J connectivity index is 1.63. The van der Waals surface area contributed by atoms with Crippen molar-refractivity contribution in [3.63, 3.8) is 0 Å². The number of hydrogen-bond donors (Lipinski definition) is 1. The SMILES string of the molecule is COc1ccc(S(=O)(=O)NCc2c3c(cc4c2OCC4)OCC3)cc1OC. The van der Waals surface area contributed by atoms with Crippen LogP contribution in [0.2, 0.25) is 0 Å². The van der Waals surface area contributed by atoms with Gasteiger partial charge in [-0.25, -0.2) is 13.1 Å². The molecule has 0 unspecified atom stereocenters. The summed E-state index contributed by atoms with van der Waals surface area (Å²) in [4.78, 5) is 0.113. The maximum Gasteiger partial charge on any atom is 0.241 e. The Morgan fingerprint density at radius 3 is 2.59 bits per heavy atom. The Hall–Kier alpha value is -2.45. The molecule has 0 bridgehead atoms. The van der Waals surface area contributed by atoms with Gasteiger partial charge in [-0.05, 0) is 18.2 Å². The summed E-state index contributed by atoms with van der Waals surface area (Å²) in [6.07, 6.45) is 1.56. The fraction of sp³-hybridized carbons (Fsp3) is 0.368. The second kappa shape index (κ2) is 6.94. The number of benzene rings is 2. The average molecular weight is 391 g/mol. The second-order valence-corrected chi connectivity index (χ2v) is 8.13. The first-order chi connectivity index (χ1) is 13.0. The van der Waals surface area contributed by atoms with Gasteiger partial charge in [0, 0.05) is 42.1 Å². The van der Waals surface area contributed by atoms with E-state index < -0.39 is 10.0 Å². The molecule has 0 aliphatic carbocycles. The van der Waals surface area contributed by atoms with Crippen molar-refractivity contribution in [2.45, 2.75) is 24.3 Å². The maximum atomic E-state index is 12.8. The molecular weight excluding hydrogens is 370 g/mol. The number of ether oxygens (including phenoxy) is 4. The van der Waals surface area contributed by atoms with Crippen LogP contribution in [0.5, 0.6) is 23.0 Å². The number of sulfonamides is 1. The van der Waals surface area contributed by atoms with Crippen LogP contribution in [-0.2, 0) is 29.4 Å². The third-order valence-electron chi connectivity index (χ3n) is 4.86. The van der Waals surface area contributed by atoms with Gasteiger partial charge < -0.3 is 18.9 Å². The van der Waals surface area contributed by atoms with E-state index in [1.165, 1.54) is 26.4 Å². The molecule has 4 rings (SSSR count). The largest absolute Gasteiger partial charge is 0.493 e. The average Bonchev–Trinajstić information content (AvgIpc) is 3.33. The predicted octanol–water partition coefficient (Wildman–Crippen LogP) is 2.05. The zero-order valence-electron chi connectivity index (χ0n) is 15.2. The highest BCUT2D eigenvalue weighted by Crippen LogP contribution is 2.40. The van der Waals surface area contributed by atoms with Gasteiger partial charge in [-0.2, -0.15) is 0 Å². The second-order valence-electron chi connectivity index (χ2n) is 6.36. The van der Waals surface area contributed by atoms with Crippen molar-refractivity contribution < 1.29 is 27.4 Å². The Kier molecular flexibility index (Phi) is 4.61. The number of hydrogen-bond acceptors (Lipinski definition) is 6. The fourth-order valence-electron chi connectivity index (χ4n) is 3.51. The molecule has 7 nitrogen and oxygen atoms in total. The molecule has 0 spiro atoms. The molecule has 0 fully saturated rings. The molecule has 27 heavy (non-hydrogen) atoms. The lowest BCUT2D eigenvalue weighted by atomic mass is 10.00. The van der Waals surface area contributed by atoms with Crippen molar-refractivity contribution in [3.8, 4) is 23.0 Å². The van der Waals surface area contributed by atoms with Gasteiger partial charge in [-0.3, -0.25) is 0 Å². The first-order valence-corrected chi connectivity index (χ1v) is 10.2. The van der Waals surface area contributed by atoms with Crippen LogP contribution in [0, 0.1) is 0 Å². The molecule has 2 aliphatic rings. The van der Waals surface area contributed by atoms with E-state index in [1.807, 2.05) is 6.07 Å². The smallest absolute Gasteiger partial charge is 0.241 e. The van der Waals surface area contributed by atoms with Crippen molar-refractivity contribution in [1.29, 1.82) is 0 Å². The molecule has 2 heterocycles. The van der Waals surface area contributed by atoms with Crippen LogP contribution in [0.1, 0.15) is 16.7 Å². The van der Waals surface area contributed by atoms with Crippen LogP contribution >= 0.6 is 0 Å². The van der Waals surface area contributed by atoms with Crippen LogP contribution in [0.3, 0.4) is 0 Å². The van der Waals surface area contributed by atoms with E-state index in [1.54, 1.807) is 6.07 Å². The van der Waals surface area contributed by atoms with Crippen molar-refractivity contribution in [3.05, 3.63) is 41.0 Å². The number of methoxy groups -OCH3 is 2. The van der Waals surface area contributed by atoms with E-state index in [0.29, 0.717) is 24.7 Å². The molecule has 0 saturated heterocycles. The van der Waals surface area contributed by atoms with E-state index in [9.17, 15) is 8.42 Å². The lowest BCUT2D eigenvalue weighted by Gasteiger charge is -2.15. The number of rotatable bonds is 6. The van der Waals surface area contributed by atoms with E-state index in [4.69, 9.17) is 18.9 Å². The molecule has 8 heteroatoms. The Bertz CT molecular complexity index is 954. The summed E-state index contributed by atoms with van der Waals surface area (Å²) in [5.74, 6) is 2.45. The van der Waals surface area contributed by atoms with Crippen LogP contribution in [0.4, 0.5) is 0 Å². The molecule has 0 saturated carbocycles. The summed E-state index contributed by atoms with van der Waals surface area (Å²) in [6, 6.07) is 6.52. The molecule has 0 aromatic heterocycles. The summed E-state index contributed by atoms with van der Waals surface area (Å²) in [5, 5.41) is 0. The minimum Gasteiger partial charge on any atom is -0.493 e. The van der Waals surface area contributed by atoms with E-state index >= 15 is 0 Å². The number of nitrogens with one attached hydrogen (secondary N) is 1. The maximum absolute atomic E-state index is 12.8. The summed E-state index contributed by atoms with van der Waals surface area (Å²) in [5.41, 5.74) is 2.95. The van der Waals surface area contributed by atoms with Gasteiger partial charge in [0.15, 0.2) is 11.5 Å². The molecule has 144 valence electrons. The van der Waals surface area contributed by atoms with Crippen LogP contribution < -0.4 is 23.7 Å². The van der Waals surface area contributed by atoms with Gasteiger partial charge in [0.1, 0.15) is 11.5 Å². The van der Waals surface area contributed by atoms with E-state index in [-0.39, 0.29) is 11.4 Å². The predicted molar refractivity (Wildman–Crippen MR) is 98.4 cm³/mol. The van der Waals surface area contributed by atoms with Gasteiger partial charge in [0.05, 0.1) is 32.3 Å². The van der Waals surface area contributed by atoms with Crippen LogP contribution in [0.25, 0.3) is 0 Å². The Morgan fingerprint density at radius 1 is 1.04 bits per heavy atom. The highest BCUT2D eigenvalue weighted by atomic mass is 32.2. The summed E-state index contributed by atoms with van der Waals surface area (Å²) < 4.78 is 50.1. The molecule has 2 aromatic rings. The van der Waals surface area contributed by atoms with Crippen molar-refractivity contribution >= 4 is 10.0 Å². The van der Waals surface area contributed by atoms with Gasteiger partial charge in [0.25, 0.3) is 0 Å². The number of fused-ring (bicyclic) bond motifs is 2. The standard InChI is InChI=1S/C19H21NO6S/c1-23-16-4-3-13(10-18(16)24-2)27(21,22)20-11-15-14-6-8-25-17(14)9-12-5-7-26-19(12)15/h3-4,9-10,20H,5-8,11H2,1-2H3. The van der Waals surface area contributed by atoms with Gasteiger partial charge in [0.2, 0.25) is 10.0 Å². The molecule has 0 radical (unpaired) electrons. The fourth-order valence-corrected chi connectivity index (χ4v) is 4.52. The van der Waals surface area contributed by atoms with Gasteiger partial charge in [-0.1, -0.05) is 0 Å². The van der Waals surface area contributed by atoms with Gasteiger partial charge >= 0.3 is 0 Å². The molecule has 0 amide bonds. The topological polar surface area (TPSA) is 83.1 Å². The van der Waals surface area contributed by atoms with Crippen molar-refractivity contribution in [2.75, 3.05) is 27.4 Å². The lowest BCUT2D eigenvalue weighted by Crippen LogP contribution is -2.24. The molecule has 2 aliphatic heterocycles. The zero-order chi connectivity index (χ0) is 19.0. The summed E-state index contributed by atoms with van der Waals surface area (Å²) in [6.45, 7) is 1.35. The lowest BCUT2D eigenvalue weighted by molar-refractivity contribution is 0.352. The summed E-state index contributed by atoms with van der Waals surface area (Å²) >= 11 is 0. The Morgan fingerprint density at radius 2 is 1.81 bits per heavy atom. The van der Waals surface area contributed by atoms with Crippen molar-refractivity contribution in [1.82, 2.24) is 4.72 Å². The molecule has 2 aromatic carbocycles. The highest BCUT2D eigenvalue weighted by molar-refractivity contribution is 7.89. The highest BCUT2D eigenvalue weighted by Gasteiger charge is 2.27. The van der Waals surface area contributed by atoms with Crippen LogP contribution in [0.15, 0.2) is 29.2 Å². The van der Waals surface area contributed by atoms with Gasteiger partial charge in [-0.15, -0.1) is 0 Å². The molecule has 1 N–H and O–H groups in total. The molecule has 0 atom stereocenters. The Labute approximate surface area is 158 Å². The summed E-state index contributed by atoms with van der Waals surface area (Å²) in [7, 11) is -0.762. The third kappa shape index (κ3) is 3.19. The quantitative estimate of drug-likeness (QED) is 0.812. The minimum absolute atomic E-state index is 0.113. The van der Waals surface area contributed by atoms with E-state index in [2.05, 4.69) is 4.72 Å². The monoisotopic (exact) mass is 391 g/mol. The molecular formula is C19H21NO6S. The first-order valence-electron chi connectivity index (χ1n) is 8.68. The normalized spacial score (nSPS) is 14.9. The first kappa shape index (κ1) is 17.9. The van der Waals surface area contributed by atoms with E-state index in [0.717, 1.165) is 41.0 Å².